The van der Waals surface area contributed by atoms with Crippen LogP contribution in [0.2, 0.25) is 0 Å². The number of fused-ring (bicyclic) bond motifs is 7. The van der Waals surface area contributed by atoms with Gasteiger partial charge in [0.1, 0.15) is 17.4 Å². The Morgan fingerprint density at radius 1 is 0.906 bits per heavy atom. The molecule has 0 amide bonds. The van der Waals surface area contributed by atoms with E-state index in [-0.39, 0.29) is 6.17 Å². The van der Waals surface area contributed by atoms with Crippen LogP contribution in [-0.4, -0.2) is 34.3 Å². The highest BCUT2D eigenvalue weighted by Crippen LogP contribution is 2.49. The van der Waals surface area contributed by atoms with Crippen LogP contribution in [0.25, 0.3) is 27.8 Å². The molecule has 1 aliphatic heterocycles. The predicted octanol–water partition coefficient (Wildman–Crippen LogP) is 5.54. The van der Waals surface area contributed by atoms with Gasteiger partial charge in [0.05, 0.1) is 35.0 Å². The molecule has 6 nitrogen and oxygen atoms in total. The van der Waals surface area contributed by atoms with E-state index in [0.29, 0.717) is 0 Å². The van der Waals surface area contributed by atoms with Crippen LogP contribution in [0.3, 0.4) is 0 Å². The smallest absolute Gasteiger partial charge is 0.215 e. The molecule has 1 aliphatic rings. The molecule has 0 unspecified atom stereocenters. The van der Waals surface area contributed by atoms with E-state index < -0.39 is 0 Å². The lowest BCUT2D eigenvalue weighted by Gasteiger charge is -2.29. The van der Waals surface area contributed by atoms with Gasteiger partial charge in [-0.1, -0.05) is 12.1 Å². The van der Waals surface area contributed by atoms with Crippen molar-refractivity contribution in [2.75, 3.05) is 24.0 Å². The molecule has 0 saturated heterocycles. The van der Waals surface area contributed by atoms with Crippen molar-refractivity contribution in [2.45, 2.75) is 26.9 Å². The van der Waals surface area contributed by atoms with E-state index in [1.165, 1.54) is 33.7 Å². The normalized spacial score (nSPS) is 16.0. The number of methoxy groups -OCH3 is 1. The Balaban J connectivity index is 1.65. The van der Waals surface area contributed by atoms with Gasteiger partial charge in [-0.15, -0.1) is 0 Å². The Labute approximate surface area is 187 Å². The Hall–Kier alpha value is -3.67. The molecular formula is C26H27N5O. The van der Waals surface area contributed by atoms with Crippen molar-refractivity contribution in [3.8, 4) is 5.75 Å². The Kier molecular flexibility index (Phi) is 3.82. The molecule has 0 saturated carbocycles. The third-order valence-electron chi connectivity index (χ3n) is 7.05. The third kappa shape index (κ3) is 2.27. The number of aromatic nitrogens is 3. The summed E-state index contributed by atoms with van der Waals surface area (Å²) >= 11 is 0. The van der Waals surface area contributed by atoms with Gasteiger partial charge in [-0.05, 0) is 62.7 Å². The maximum Gasteiger partial charge on any atom is 0.215 e. The first-order valence-electron chi connectivity index (χ1n) is 11.0. The Bertz CT molecular complexity index is 1540. The first kappa shape index (κ1) is 19.0. The van der Waals surface area contributed by atoms with Crippen molar-refractivity contribution in [1.29, 1.82) is 0 Å². The van der Waals surface area contributed by atoms with Crippen LogP contribution in [0.4, 0.5) is 17.1 Å². The molecule has 0 aliphatic carbocycles. The van der Waals surface area contributed by atoms with Gasteiger partial charge in [-0.3, -0.25) is 4.40 Å². The second-order valence-electron chi connectivity index (χ2n) is 8.82. The van der Waals surface area contributed by atoms with Crippen LogP contribution in [0.15, 0.2) is 48.5 Å². The molecule has 1 atom stereocenters. The zero-order valence-electron chi connectivity index (χ0n) is 19.3. The molecule has 6 heteroatoms. The molecular weight excluding hydrogens is 398 g/mol. The molecule has 32 heavy (non-hydrogen) atoms. The summed E-state index contributed by atoms with van der Waals surface area (Å²) in [5.41, 5.74) is 10.4. The molecule has 3 heterocycles. The summed E-state index contributed by atoms with van der Waals surface area (Å²) in [6.07, 6.45) is 0.155. The molecule has 3 aromatic carbocycles. The standard InChI is InChI=1S/C26H27N5O/c1-15-13-22(16(2)23(14-15)32-6)30-17(3)28(4)25-21(30)12-11-20-24(25)27-26-29(5)18-9-7-8-10-19(18)31(20)26/h7-14,17H,1-6H3/t17-/m0/s1. The second-order valence-corrected chi connectivity index (χ2v) is 8.82. The highest BCUT2D eigenvalue weighted by Gasteiger charge is 2.35. The lowest BCUT2D eigenvalue weighted by Crippen LogP contribution is -2.36. The van der Waals surface area contributed by atoms with E-state index in [0.717, 1.165) is 28.1 Å². The molecule has 2 aromatic heterocycles. The summed E-state index contributed by atoms with van der Waals surface area (Å²) < 4.78 is 10.1. The molecule has 6 rings (SSSR count). The largest absolute Gasteiger partial charge is 0.496 e. The highest BCUT2D eigenvalue weighted by atomic mass is 16.5. The van der Waals surface area contributed by atoms with Crippen LogP contribution in [-0.2, 0) is 7.05 Å². The van der Waals surface area contributed by atoms with E-state index in [2.05, 4.69) is 102 Å². The summed E-state index contributed by atoms with van der Waals surface area (Å²) in [4.78, 5) is 9.88. The maximum atomic E-state index is 5.67. The van der Waals surface area contributed by atoms with Crippen LogP contribution in [0.5, 0.6) is 5.75 Å². The number of hydrogen-bond donors (Lipinski definition) is 0. The summed E-state index contributed by atoms with van der Waals surface area (Å²) in [6, 6.07) is 17.3. The average molecular weight is 426 g/mol. The summed E-state index contributed by atoms with van der Waals surface area (Å²) in [5.74, 6) is 1.88. The molecule has 162 valence electrons. The van der Waals surface area contributed by atoms with Gasteiger partial charge in [0, 0.05) is 25.3 Å². The van der Waals surface area contributed by atoms with Crippen LogP contribution in [0, 0.1) is 13.8 Å². The third-order valence-corrected chi connectivity index (χ3v) is 7.05. The number of benzene rings is 3. The van der Waals surface area contributed by atoms with E-state index in [4.69, 9.17) is 9.72 Å². The Morgan fingerprint density at radius 2 is 1.66 bits per heavy atom. The average Bonchev–Trinajstić information content (AvgIpc) is 3.39. The minimum absolute atomic E-state index is 0.155. The fourth-order valence-corrected chi connectivity index (χ4v) is 5.32. The minimum Gasteiger partial charge on any atom is -0.496 e. The van der Waals surface area contributed by atoms with E-state index in [1.807, 2.05) is 0 Å². The fraction of sp³-hybridized carbons (Fsp3) is 0.269. The van der Waals surface area contributed by atoms with Crippen molar-refractivity contribution in [2.24, 2.45) is 7.05 Å². The van der Waals surface area contributed by atoms with E-state index in [9.17, 15) is 0 Å². The number of para-hydroxylation sites is 2. The van der Waals surface area contributed by atoms with Crippen molar-refractivity contribution in [3.63, 3.8) is 0 Å². The molecule has 5 aromatic rings. The van der Waals surface area contributed by atoms with Gasteiger partial charge < -0.3 is 19.1 Å². The predicted molar refractivity (Wildman–Crippen MR) is 132 cm³/mol. The minimum atomic E-state index is 0.155. The lowest BCUT2D eigenvalue weighted by atomic mass is 10.1. The molecule has 0 fully saturated rings. The van der Waals surface area contributed by atoms with Crippen molar-refractivity contribution >= 4 is 44.9 Å². The molecule has 0 radical (unpaired) electrons. The van der Waals surface area contributed by atoms with Crippen molar-refractivity contribution in [1.82, 2.24) is 14.0 Å². The molecule has 0 spiro atoms. The summed E-state index contributed by atoms with van der Waals surface area (Å²) in [7, 11) is 5.99. The first-order valence-corrected chi connectivity index (χ1v) is 11.0. The number of imidazole rings is 2. The SMILES string of the molecule is COc1cc(C)cc(N2c3ccc4c(nc5n(C)c6ccccc6n45)c3N(C)[C@@H]2C)c1C. The van der Waals surface area contributed by atoms with Crippen LogP contribution < -0.4 is 14.5 Å². The van der Waals surface area contributed by atoms with E-state index >= 15 is 0 Å². The first-order chi connectivity index (χ1) is 15.4. The quantitative estimate of drug-likeness (QED) is 0.372. The van der Waals surface area contributed by atoms with Crippen molar-refractivity contribution < 1.29 is 4.74 Å². The van der Waals surface area contributed by atoms with Gasteiger partial charge in [-0.25, -0.2) is 4.98 Å². The van der Waals surface area contributed by atoms with Gasteiger partial charge in [0.15, 0.2) is 0 Å². The van der Waals surface area contributed by atoms with Gasteiger partial charge in [0.25, 0.3) is 0 Å². The van der Waals surface area contributed by atoms with Crippen molar-refractivity contribution in [3.05, 3.63) is 59.7 Å². The second kappa shape index (κ2) is 6.42. The van der Waals surface area contributed by atoms with Gasteiger partial charge in [-0.2, -0.15) is 0 Å². The zero-order chi connectivity index (χ0) is 22.3. The number of anilines is 3. The highest BCUT2D eigenvalue weighted by molar-refractivity contribution is 6.04. The van der Waals surface area contributed by atoms with Crippen LogP contribution in [0.1, 0.15) is 18.1 Å². The maximum absolute atomic E-state index is 5.67. The number of hydrogen-bond acceptors (Lipinski definition) is 4. The number of rotatable bonds is 2. The molecule has 0 N–H and O–H groups in total. The number of ether oxygens (including phenoxy) is 1. The van der Waals surface area contributed by atoms with Crippen LogP contribution >= 0.6 is 0 Å². The van der Waals surface area contributed by atoms with Gasteiger partial charge >= 0.3 is 0 Å². The number of nitrogens with zero attached hydrogens (tertiary/aromatic N) is 5. The zero-order valence-corrected chi connectivity index (χ0v) is 19.3. The molecule has 0 bridgehead atoms. The fourth-order valence-electron chi connectivity index (χ4n) is 5.32. The summed E-state index contributed by atoms with van der Waals surface area (Å²) in [6.45, 7) is 6.49. The monoisotopic (exact) mass is 425 g/mol. The Morgan fingerprint density at radius 3 is 2.41 bits per heavy atom. The number of aryl methyl sites for hydroxylation is 2. The van der Waals surface area contributed by atoms with Gasteiger partial charge in [0.2, 0.25) is 5.78 Å². The van der Waals surface area contributed by atoms with E-state index in [1.54, 1.807) is 7.11 Å². The summed E-state index contributed by atoms with van der Waals surface area (Å²) in [5, 5.41) is 0. The topological polar surface area (TPSA) is 37.9 Å². The lowest BCUT2D eigenvalue weighted by molar-refractivity contribution is 0.411.